The highest BCUT2D eigenvalue weighted by atomic mass is 16.4. The fourth-order valence-corrected chi connectivity index (χ4v) is 1.98. The van der Waals surface area contributed by atoms with E-state index in [1.807, 2.05) is 13.8 Å². The molecule has 0 atom stereocenters. The van der Waals surface area contributed by atoms with Crippen LogP contribution in [-0.2, 0) is 11.3 Å². The number of nitrogens with one attached hydrogen (secondary N) is 1. The van der Waals surface area contributed by atoms with Crippen LogP contribution in [0.4, 0.5) is 5.69 Å². The minimum absolute atomic E-state index is 0.0769. The van der Waals surface area contributed by atoms with Crippen molar-refractivity contribution in [1.82, 2.24) is 10.2 Å². The fourth-order valence-electron chi connectivity index (χ4n) is 1.98. The first-order valence-corrected chi connectivity index (χ1v) is 6.87. The number of carbonyl (C=O) groups excluding carboxylic acids is 1. The second-order valence-electron chi connectivity index (χ2n) is 5.56. The first kappa shape index (κ1) is 17.0. The van der Waals surface area contributed by atoms with E-state index in [0.717, 1.165) is 0 Å². The smallest absolute Gasteiger partial charge is 0.338 e. The summed E-state index contributed by atoms with van der Waals surface area (Å²) >= 11 is 0. The van der Waals surface area contributed by atoms with Crippen LogP contribution in [-0.4, -0.2) is 42.0 Å². The molecule has 0 aromatic heterocycles. The number of likely N-dealkylation sites (N-methyl/N-ethyl adjacent to an activating group) is 1. The van der Waals surface area contributed by atoms with Crippen LogP contribution in [0.25, 0.3) is 0 Å². The predicted molar refractivity (Wildman–Crippen MR) is 82.0 cm³/mol. The van der Waals surface area contributed by atoms with Gasteiger partial charge in [-0.25, -0.2) is 4.79 Å². The Morgan fingerprint density at radius 1 is 1.38 bits per heavy atom. The first-order chi connectivity index (χ1) is 9.81. The van der Waals surface area contributed by atoms with Crippen molar-refractivity contribution in [1.29, 1.82) is 0 Å². The Kier molecular flexibility index (Phi) is 6.17. The van der Waals surface area contributed by atoms with E-state index in [9.17, 15) is 14.7 Å². The van der Waals surface area contributed by atoms with E-state index in [1.165, 1.54) is 0 Å². The zero-order valence-corrected chi connectivity index (χ0v) is 12.7. The maximum atomic E-state index is 11.7. The highest BCUT2D eigenvalue weighted by molar-refractivity contribution is 5.95. The predicted octanol–water partition coefficient (Wildman–Crippen LogP) is 1.17. The lowest BCUT2D eigenvalue weighted by molar-refractivity contribution is -0.122. The molecule has 0 aliphatic rings. The van der Waals surface area contributed by atoms with Gasteiger partial charge >= 0.3 is 5.97 Å². The van der Waals surface area contributed by atoms with E-state index >= 15 is 0 Å². The number of nitrogens with zero attached hydrogens (tertiary/aromatic N) is 1. The van der Waals surface area contributed by atoms with E-state index in [2.05, 4.69) is 5.32 Å². The van der Waals surface area contributed by atoms with E-state index in [4.69, 9.17) is 5.73 Å². The molecule has 0 saturated heterocycles. The molecule has 0 radical (unpaired) electrons. The minimum atomic E-state index is -1.05. The maximum absolute atomic E-state index is 11.7. The number of aromatic carboxylic acids is 1. The van der Waals surface area contributed by atoms with Gasteiger partial charge in [-0.05, 0) is 24.6 Å². The molecule has 0 heterocycles. The molecule has 0 aliphatic heterocycles. The molecule has 1 rings (SSSR count). The number of hydrogen-bond acceptors (Lipinski definition) is 4. The van der Waals surface area contributed by atoms with Gasteiger partial charge in [0.1, 0.15) is 0 Å². The van der Waals surface area contributed by atoms with Crippen LogP contribution >= 0.6 is 0 Å². The van der Waals surface area contributed by atoms with Gasteiger partial charge in [-0.15, -0.1) is 0 Å². The van der Waals surface area contributed by atoms with Crippen molar-refractivity contribution in [2.24, 2.45) is 5.92 Å². The van der Waals surface area contributed by atoms with Gasteiger partial charge in [-0.3, -0.25) is 9.69 Å². The molecule has 1 aromatic rings. The molecule has 0 fully saturated rings. The van der Waals surface area contributed by atoms with Crippen molar-refractivity contribution in [3.8, 4) is 0 Å². The third-order valence-electron chi connectivity index (χ3n) is 2.96. The monoisotopic (exact) mass is 293 g/mol. The number of carboxylic acids is 1. The number of carboxylic acid groups (broad SMARTS) is 1. The standard InChI is InChI=1S/C15H23N3O3/c1-10(2)7-17-13(19)9-18(3)8-11-5-4-6-12(16)14(11)15(20)21/h4-6,10H,7-9,16H2,1-3H3,(H,17,19)(H,20,21). The maximum Gasteiger partial charge on any atom is 0.338 e. The van der Waals surface area contributed by atoms with Gasteiger partial charge in [0.05, 0.1) is 12.1 Å². The molecule has 0 aliphatic carbocycles. The lowest BCUT2D eigenvalue weighted by Crippen LogP contribution is -2.36. The third-order valence-corrected chi connectivity index (χ3v) is 2.96. The summed E-state index contributed by atoms with van der Waals surface area (Å²) in [7, 11) is 1.77. The molecule has 6 nitrogen and oxygen atoms in total. The van der Waals surface area contributed by atoms with Crippen LogP contribution in [0.2, 0.25) is 0 Å². The summed E-state index contributed by atoms with van der Waals surface area (Å²) < 4.78 is 0. The summed E-state index contributed by atoms with van der Waals surface area (Å²) in [6, 6.07) is 4.98. The quantitative estimate of drug-likeness (QED) is 0.656. The summed E-state index contributed by atoms with van der Waals surface area (Å²) in [6.07, 6.45) is 0. The zero-order valence-electron chi connectivity index (χ0n) is 12.7. The van der Waals surface area contributed by atoms with E-state index in [1.54, 1.807) is 30.1 Å². The van der Waals surface area contributed by atoms with Crippen LogP contribution in [0.1, 0.15) is 29.8 Å². The van der Waals surface area contributed by atoms with Crippen LogP contribution in [0.5, 0.6) is 0 Å². The number of anilines is 1. The Hall–Kier alpha value is -2.08. The molecule has 6 heteroatoms. The molecule has 116 valence electrons. The van der Waals surface area contributed by atoms with Gasteiger partial charge in [0.25, 0.3) is 0 Å². The molecule has 1 amide bonds. The Morgan fingerprint density at radius 2 is 2.05 bits per heavy atom. The van der Waals surface area contributed by atoms with Crippen molar-refractivity contribution < 1.29 is 14.7 Å². The molecule has 0 saturated carbocycles. The van der Waals surface area contributed by atoms with Crippen molar-refractivity contribution in [3.63, 3.8) is 0 Å². The Bertz CT molecular complexity index is 515. The normalized spacial score (nSPS) is 10.9. The first-order valence-electron chi connectivity index (χ1n) is 6.87. The summed E-state index contributed by atoms with van der Waals surface area (Å²) in [6.45, 7) is 5.24. The largest absolute Gasteiger partial charge is 0.478 e. The molecule has 21 heavy (non-hydrogen) atoms. The van der Waals surface area contributed by atoms with E-state index in [-0.39, 0.29) is 23.7 Å². The van der Waals surface area contributed by atoms with Crippen molar-refractivity contribution in [2.75, 3.05) is 25.9 Å². The van der Waals surface area contributed by atoms with Gasteiger partial charge in [-0.2, -0.15) is 0 Å². The third kappa shape index (κ3) is 5.43. The van der Waals surface area contributed by atoms with Gasteiger partial charge < -0.3 is 16.2 Å². The number of nitrogens with two attached hydrogens (primary N) is 1. The summed E-state index contributed by atoms with van der Waals surface area (Å²) in [5, 5.41) is 12.0. The van der Waals surface area contributed by atoms with Gasteiger partial charge in [-0.1, -0.05) is 26.0 Å². The van der Waals surface area contributed by atoms with Gasteiger partial charge in [0, 0.05) is 18.8 Å². The number of nitrogen functional groups attached to an aromatic ring is 1. The average molecular weight is 293 g/mol. The number of rotatable bonds is 7. The Balaban J connectivity index is 2.67. The number of amides is 1. The number of carbonyl (C=O) groups is 2. The second kappa shape index (κ2) is 7.64. The van der Waals surface area contributed by atoms with Crippen LogP contribution < -0.4 is 11.1 Å². The highest BCUT2D eigenvalue weighted by Crippen LogP contribution is 2.18. The minimum Gasteiger partial charge on any atom is -0.478 e. The van der Waals surface area contributed by atoms with Crippen LogP contribution in [0.3, 0.4) is 0 Å². The average Bonchev–Trinajstić information content (AvgIpc) is 2.35. The van der Waals surface area contributed by atoms with Crippen molar-refractivity contribution in [2.45, 2.75) is 20.4 Å². The summed E-state index contributed by atoms with van der Waals surface area (Å²) in [5.41, 5.74) is 6.64. The van der Waals surface area contributed by atoms with Gasteiger partial charge in [0.15, 0.2) is 0 Å². The number of benzene rings is 1. The van der Waals surface area contributed by atoms with Crippen molar-refractivity contribution >= 4 is 17.6 Å². The Morgan fingerprint density at radius 3 is 2.62 bits per heavy atom. The SMILES string of the molecule is CC(C)CNC(=O)CN(C)Cc1cccc(N)c1C(=O)O. The van der Waals surface area contributed by atoms with E-state index in [0.29, 0.717) is 24.6 Å². The molecule has 1 aromatic carbocycles. The molecular weight excluding hydrogens is 270 g/mol. The summed E-state index contributed by atoms with van der Waals surface area (Å²) in [5.74, 6) is -0.737. The fraction of sp³-hybridized carbons (Fsp3) is 0.467. The van der Waals surface area contributed by atoms with Crippen LogP contribution in [0, 0.1) is 5.92 Å². The molecule has 4 N–H and O–H groups in total. The second-order valence-corrected chi connectivity index (χ2v) is 5.56. The van der Waals surface area contributed by atoms with E-state index < -0.39 is 5.97 Å². The molecule has 0 unspecified atom stereocenters. The molecule has 0 spiro atoms. The van der Waals surface area contributed by atoms with Gasteiger partial charge in [0.2, 0.25) is 5.91 Å². The molecular formula is C15H23N3O3. The number of hydrogen-bond donors (Lipinski definition) is 3. The lowest BCUT2D eigenvalue weighted by atomic mass is 10.1. The highest BCUT2D eigenvalue weighted by Gasteiger charge is 2.16. The summed E-state index contributed by atoms with van der Waals surface area (Å²) in [4.78, 5) is 24.7. The topological polar surface area (TPSA) is 95.7 Å². The Labute approximate surface area is 124 Å². The zero-order chi connectivity index (χ0) is 16.0. The molecule has 0 bridgehead atoms. The van der Waals surface area contributed by atoms with Crippen molar-refractivity contribution in [3.05, 3.63) is 29.3 Å². The van der Waals surface area contributed by atoms with Crippen LogP contribution in [0.15, 0.2) is 18.2 Å². The lowest BCUT2D eigenvalue weighted by Gasteiger charge is -2.18.